The van der Waals surface area contributed by atoms with Gasteiger partial charge in [-0.25, -0.2) is 4.79 Å². The van der Waals surface area contributed by atoms with Crippen molar-refractivity contribution in [3.63, 3.8) is 0 Å². The molecule has 1 rings (SSSR count). The molecule has 0 spiro atoms. The van der Waals surface area contributed by atoms with Crippen LogP contribution in [0.25, 0.3) is 0 Å². The van der Waals surface area contributed by atoms with Crippen molar-refractivity contribution in [2.24, 2.45) is 0 Å². The summed E-state index contributed by atoms with van der Waals surface area (Å²) < 4.78 is 0. The molecule has 1 aliphatic rings. The lowest BCUT2D eigenvalue weighted by atomic mass is 9.77. The zero-order chi connectivity index (χ0) is 9.90. The Morgan fingerprint density at radius 1 is 1.46 bits per heavy atom. The standard InChI is InChI=1S/C9H13NO3/c1-2-4-7(11)10-9(8(12)13)5-3-6-9/h2,4H,3,5-6H2,1H3,(H,10,11)(H,12,13)/b4-2+. The van der Waals surface area contributed by atoms with Gasteiger partial charge in [0, 0.05) is 0 Å². The van der Waals surface area contributed by atoms with E-state index in [2.05, 4.69) is 5.32 Å². The Morgan fingerprint density at radius 3 is 2.38 bits per heavy atom. The molecular weight excluding hydrogens is 170 g/mol. The van der Waals surface area contributed by atoms with Crippen molar-refractivity contribution < 1.29 is 14.7 Å². The molecule has 0 aliphatic heterocycles. The van der Waals surface area contributed by atoms with Gasteiger partial charge in [-0.3, -0.25) is 4.79 Å². The van der Waals surface area contributed by atoms with E-state index in [0.717, 1.165) is 6.42 Å². The first-order valence-corrected chi connectivity index (χ1v) is 4.29. The minimum atomic E-state index is -0.989. The molecule has 4 heteroatoms. The van der Waals surface area contributed by atoms with E-state index in [1.54, 1.807) is 13.0 Å². The third-order valence-electron chi connectivity index (χ3n) is 2.30. The normalized spacial score (nSPS) is 19.5. The minimum Gasteiger partial charge on any atom is -0.480 e. The summed E-state index contributed by atoms with van der Waals surface area (Å²) >= 11 is 0. The summed E-state index contributed by atoms with van der Waals surface area (Å²) in [5.41, 5.74) is -0.989. The highest BCUT2D eigenvalue weighted by Crippen LogP contribution is 2.31. The average Bonchev–Trinajstić information content (AvgIpc) is 1.96. The van der Waals surface area contributed by atoms with E-state index < -0.39 is 11.5 Å². The third kappa shape index (κ3) is 1.88. The Hall–Kier alpha value is -1.32. The van der Waals surface area contributed by atoms with E-state index in [9.17, 15) is 9.59 Å². The number of aliphatic carboxylic acids is 1. The average molecular weight is 183 g/mol. The van der Waals surface area contributed by atoms with Gasteiger partial charge in [0.15, 0.2) is 0 Å². The van der Waals surface area contributed by atoms with Gasteiger partial charge < -0.3 is 10.4 Å². The van der Waals surface area contributed by atoms with Crippen LogP contribution in [0.5, 0.6) is 0 Å². The molecule has 0 saturated heterocycles. The summed E-state index contributed by atoms with van der Waals surface area (Å²) in [5.74, 6) is -1.26. The molecule has 0 aromatic carbocycles. The molecule has 0 aromatic heterocycles. The molecule has 13 heavy (non-hydrogen) atoms. The summed E-state index contributed by atoms with van der Waals surface area (Å²) in [6.07, 6.45) is 4.85. The molecule has 0 atom stereocenters. The fourth-order valence-electron chi connectivity index (χ4n) is 1.35. The van der Waals surface area contributed by atoms with E-state index >= 15 is 0 Å². The second kappa shape index (κ2) is 3.60. The second-order valence-corrected chi connectivity index (χ2v) is 3.23. The SMILES string of the molecule is C/C=C/C(=O)NC1(C(=O)O)CCC1. The summed E-state index contributed by atoms with van der Waals surface area (Å²) in [7, 11) is 0. The number of hydrogen-bond acceptors (Lipinski definition) is 2. The first kappa shape index (κ1) is 9.77. The van der Waals surface area contributed by atoms with Crippen molar-refractivity contribution in [2.45, 2.75) is 31.7 Å². The number of carbonyl (C=O) groups excluding carboxylic acids is 1. The molecule has 72 valence electrons. The Kier molecular flexibility index (Phi) is 2.70. The van der Waals surface area contributed by atoms with Crippen molar-refractivity contribution in [2.75, 3.05) is 0 Å². The zero-order valence-electron chi connectivity index (χ0n) is 7.54. The van der Waals surface area contributed by atoms with Crippen molar-refractivity contribution in [1.29, 1.82) is 0 Å². The maximum Gasteiger partial charge on any atom is 0.329 e. The number of carboxylic acids is 1. The minimum absolute atomic E-state index is 0.329. The van der Waals surface area contributed by atoms with Crippen LogP contribution in [0.15, 0.2) is 12.2 Å². The molecule has 2 N–H and O–H groups in total. The summed E-state index contributed by atoms with van der Waals surface area (Å²) in [5, 5.41) is 11.4. The largest absolute Gasteiger partial charge is 0.480 e. The molecule has 4 nitrogen and oxygen atoms in total. The molecule has 0 bridgehead atoms. The monoisotopic (exact) mass is 183 g/mol. The van der Waals surface area contributed by atoms with Gasteiger partial charge in [0.2, 0.25) is 5.91 Å². The highest BCUT2D eigenvalue weighted by atomic mass is 16.4. The fourth-order valence-corrected chi connectivity index (χ4v) is 1.35. The predicted molar refractivity (Wildman–Crippen MR) is 47.2 cm³/mol. The maximum atomic E-state index is 11.1. The molecule has 1 amide bonds. The summed E-state index contributed by atoms with van der Waals surface area (Å²) in [4.78, 5) is 21.9. The van der Waals surface area contributed by atoms with Gasteiger partial charge in [-0.15, -0.1) is 0 Å². The van der Waals surface area contributed by atoms with Gasteiger partial charge >= 0.3 is 5.97 Å². The van der Waals surface area contributed by atoms with Crippen LogP contribution in [-0.2, 0) is 9.59 Å². The van der Waals surface area contributed by atoms with Crippen LogP contribution in [0.4, 0.5) is 0 Å². The summed E-state index contributed by atoms with van der Waals surface area (Å²) in [6.45, 7) is 1.72. The van der Waals surface area contributed by atoms with E-state index in [4.69, 9.17) is 5.11 Å². The van der Waals surface area contributed by atoms with E-state index in [1.165, 1.54) is 6.08 Å². The van der Waals surface area contributed by atoms with Crippen LogP contribution in [0.3, 0.4) is 0 Å². The number of allylic oxidation sites excluding steroid dienone is 1. The Morgan fingerprint density at radius 2 is 2.08 bits per heavy atom. The Bertz CT molecular complexity index is 254. The highest BCUT2D eigenvalue weighted by Gasteiger charge is 2.45. The first-order chi connectivity index (χ1) is 6.10. The molecule has 1 fully saturated rings. The van der Waals surface area contributed by atoms with Crippen molar-refractivity contribution in [3.05, 3.63) is 12.2 Å². The van der Waals surface area contributed by atoms with E-state index in [1.807, 2.05) is 0 Å². The number of rotatable bonds is 3. The quantitative estimate of drug-likeness (QED) is 0.632. The van der Waals surface area contributed by atoms with Gasteiger partial charge in [0.25, 0.3) is 0 Å². The van der Waals surface area contributed by atoms with Crippen LogP contribution in [0.1, 0.15) is 26.2 Å². The second-order valence-electron chi connectivity index (χ2n) is 3.23. The topological polar surface area (TPSA) is 66.4 Å². The van der Waals surface area contributed by atoms with Gasteiger partial charge in [0.1, 0.15) is 5.54 Å². The van der Waals surface area contributed by atoms with Crippen molar-refractivity contribution in [3.8, 4) is 0 Å². The smallest absolute Gasteiger partial charge is 0.329 e. The van der Waals surface area contributed by atoms with Gasteiger partial charge in [-0.2, -0.15) is 0 Å². The lowest BCUT2D eigenvalue weighted by Gasteiger charge is -2.37. The molecule has 1 aliphatic carbocycles. The Balaban J connectivity index is 2.59. The zero-order valence-corrected chi connectivity index (χ0v) is 7.54. The molecular formula is C9H13NO3. The maximum absolute atomic E-state index is 11.1. The van der Waals surface area contributed by atoms with Crippen LogP contribution in [0.2, 0.25) is 0 Å². The van der Waals surface area contributed by atoms with Gasteiger partial charge in [-0.1, -0.05) is 6.08 Å². The lowest BCUT2D eigenvalue weighted by Crippen LogP contribution is -2.58. The molecule has 0 aromatic rings. The number of nitrogens with one attached hydrogen (secondary N) is 1. The van der Waals surface area contributed by atoms with Gasteiger partial charge in [-0.05, 0) is 32.3 Å². The van der Waals surface area contributed by atoms with E-state index in [-0.39, 0.29) is 5.91 Å². The number of hydrogen-bond donors (Lipinski definition) is 2. The van der Waals surface area contributed by atoms with Gasteiger partial charge in [0.05, 0.1) is 0 Å². The molecule has 0 radical (unpaired) electrons. The predicted octanol–water partition coefficient (Wildman–Crippen LogP) is 0.686. The van der Waals surface area contributed by atoms with E-state index in [0.29, 0.717) is 12.8 Å². The Labute approximate surface area is 76.6 Å². The fraction of sp³-hybridized carbons (Fsp3) is 0.556. The molecule has 0 heterocycles. The number of carbonyl (C=O) groups is 2. The van der Waals surface area contributed by atoms with Crippen molar-refractivity contribution >= 4 is 11.9 Å². The molecule has 1 saturated carbocycles. The number of carboxylic acid groups (broad SMARTS) is 1. The van der Waals surface area contributed by atoms with Crippen LogP contribution in [0, 0.1) is 0 Å². The van der Waals surface area contributed by atoms with Crippen molar-refractivity contribution in [1.82, 2.24) is 5.32 Å². The van der Waals surface area contributed by atoms with Crippen LogP contribution >= 0.6 is 0 Å². The van der Waals surface area contributed by atoms with Crippen LogP contribution < -0.4 is 5.32 Å². The highest BCUT2D eigenvalue weighted by molar-refractivity contribution is 5.93. The molecule has 0 unspecified atom stereocenters. The number of amides is 1. The first-order valence-electron chi connectivity index (χ1n) is 4.29. The van der Waals surface area contributed by atoms with Crippen LogP contribution in [-0.4, -0.2) is 22.5 Å². The third-order valence-corrected chi connectivity index (χ3v) is 2.30. The summed E-state index contributed by atoms with van der Waals surface area (Å²) in [6, 6.07) is 0. The lowest BCUT2D eigenvalue weighted by molar-refractivity contribution is -0.151.